The van der Waals surface area contributed by atoms with Crippen LogP contribution in [-0.2, 0) is 18.1 Å². The van der Waals surface area contributed by atoms with Gasteiger partial charge in [0.2, 0.25) is 8.32 Å². The van der Waals surface area contributed by atoms with Crippen molar-refractivity contribution >= 4 is 30.9 Å². The summed E-state index contributed by atoms with van der Waals surface area (Å²) < 4.78 is 18.6. The van der Waals surface area contributed by atoms with E-state index in [0.717, 1.165) is 25.7 Å². The number of carbonyl (C=O) groups is 1. The average Bonchev–Trinajstić information content (AvgIpc) is 2.74. The fourth-order valence-corrected chi connectivity index (χ4v) is 7.56. The summed E-state index contributed by atoms with van der Waals surface area (Å²) in [5.74, 6) is -0.00125. The van der Waals surface area contributed by atoms with Gasteiger partial charge in [0.25, 0.3) is 5.97 Å². The molecule has 0 bridgehead atoms. The molecule has 2 atom stereocenters. The van der Waals surface area contributed by atoms with Crippen molar-refractivity contribution in [2.75, 3.05) is 0 Å². The highest BCUT2D eigenvalue weighted by Gasteiger charge is 2.22. The van der Waals surface area contributed by atoms with Crippen LogP contribution in [-0.4, -0.2) is 43.1 Å². The van der Waals surface area contributed by atoms with Crippen LogP contribution in [0.25, 0.3) is 0 Å². The van der Waals surface area contributed by atoms with E-state index in [1.807, 2.05) is 0 Å². The van der Waals surface area contributed by atoms with Gasteiger partial charge < -0.3 is 13.3 Å². The zero-order valence-corrected chi connectivity index (χ0v) is 30.3. The zero-order chi connectivity index (χ0) is 29.1. The van der Waals surface area contributed by atoms with Gasteiger partial charge in [-0.3, -0.25) is 4.79 Å². The molecule has 0 radical (unpaired) electrons. The summed E-state index contributed by atoms with van der Waals surface area (Å²) in [6.07, 6.45) is 24.1. The highest BCUT2D eigenvalue weighted by Crippen LogP contribution is 2.20. The van der Waals surface area contributed by atoms with Crippen molar-refractivity contribution in [3.8, 4) is 0 Å². The molecule has 0 fully saturated rings. The van der Waals surface area contributed by atoms with Gasteiger partial charge in [-0.25, -0.2) is 0 Å². The summed E-state index contributed by atoms with van der Waals surface area (Å²) in [6, 6.07) is 0. The molecule has 0 aliphatic carbocycles. The summed E-state index contributed by atoms with van der Waals surface area (Å²) in [7, 11) is -4.93. The van der Waals surface area contributed by atoms with Gasteiger partial charge in [0, 0.05) is 6.42 Å². The largest absolute Gasteiger partial charge is 0.520 e. The maximum atomic E-state index is 11.8. The van der Waals surface area contributed by atoms with Crippen LogP contribution in [0.3, 0.4) is 0 Å². The smallest absolute Gasteiger partial charge is 0.292 e. The fraction of sp³-hybridized carbons (Fsp3) is 0.903. The first kappa shape index (κ1) is 37.8. The van der Waals surface area contributed by atoms with Gasteiger partial charge >= 0.3 is 0 Å². The van der Waals surface area contributed by atoms with Crippen molar-refractivity contribution in [2.24, 2.45) is 0 Å². The molecule has 38 heavy (non-hydrogen) atoms. The van der Waals surface area contributed by atoms with Crippen LogP contribution in [0.2, 0.25) is 58.9 Å². The molecule has 4 nitrogen and oxygen atoms in total. The molecular formula is C31H66O4Si3. The lowest BCUT2D eigenvalue weighted by Gasteiger charge is -2.27. The number of rotatable bonds is 24. The lowest BCUT2D eigenvalue weighted by molar-refractivity contribution is -0.135. The number of hydrogen-bond donors (Lipinski definition) is 0. The summed E-state index contributed by atoms with van der Waals surface area (Å²) in [4.78, 5) is 11.8. The summed E-state index contributed by atoms with van der Waals surface area (Å²) in [5.41, 5.74) is 0. The van der Waals surface area contributed by atoms with Crippen LogP contribution < -0.4 is 0 Å². The summed E-state index contributed by atoms with van der Waals surface area (Å²) in [5, 5.41) is 0. The van der Waals surface area contributed by atoms with E-state index < -0.39 is 25.0 Å². The van der Waals surface area contributed by atoms with Crippen molar-refractivity contribution in [1.29, 1.82) is 0 Å². The van der Waals surface area contributed by atoms with Crippen molar-refractivity contribution in [3.05, 3.63) is 12.2 Å². The van der Waals surface area contributed by atoms with Crippen LogP contribution >= 0.6 is 0 Å². The molecule has 0 aliphatic rings. The SMILES string of the molecule is CCCCCCC[C@@H](/C=C/[C@@H](CCCCCCCCCCC(=O)O[Si](C)(C)C)O[Si](C)(C)C)O[Si](C)(C)C. The molecule has 226 valence electrons. The van der Waals surface area contributed by atoms with Crippen LogP contribution in [0.4, 0.5) is 0 Å². The third-order valence-corrected chi connectivity index (χ3v) is 9.04. The third-order valence-electron chi connectivity index (χ3n) is 6.18. The Morgan fingerprint density at radius 1 is 0.553 bits per heavy atom. The van der Waals surface area contributed by atoms with Crippen molar-refractivity contribution < 1.29 is 18.1 Å². The lowest BCUT2D eigenvalue weighted by Crippen LogP contribution is -2.33. The van der Waals surface area contributed by atoms with E-state index in [4.69, 9.17) is 13.3 Å². The minimum Gasteiger partial charge on any atom is -0.520 e. The molecule has 7 heteroatoms. The molecule has 0 rings (SSSR count). The van der Waals surface area contributed by atoms with E-state index in [2.05, 4.69) is 78.0 Å². The predicted molar refractivity (Wildman–Crippen MR) is 175 cm³/mol. The first-order valence-electron chi connectivity index (χ1n) is 15.9. The van der Waals surface area contributed by atoms with E-state index in [0.29, 0.717) is 6.42 Å². The Morgan fingerprint density at radius 2 is 0.921 bits per heavy atom. The second-order valence-electron chi connectivity index (χ2n) is 14.1. The minimum absolute atomic E-state index is 0.00125. The number of unbranched alkanes of at least 4 members (excludes halogenated alkanes) is 11. The second-order valence-corrected chi connectivity index (χ2v) is 27.4. The van der Waals surface area contributed by atoms with Crippen molar-refractivity contribution in [1.82, 2.24) is 0 Å². The molecule has 0 saturated carbocycles. The van der Waals surface area contributed by atoms with Gasteiger partial charge in [-0.05, 0) is 78.2 Å². The standard InChI is InChI=1S/C31H66O4Si3/c1-11-12-13-18-21-24-29(33-36(2,3)4)27-28-30(34-37(5,6)7)25-22-19-16-14-15-17-20-23-26-31(32)35-38(8,9)10/h27-30H,11-26H2,1-10H3/b28-27+/t29-,30+/m0/s1. The van der Waals surface area contributed by atoms with Gasteiger partial charge in [-0.2, -0.15) is 0 Å². The Kier molecular flexibility index (Phi) is 20.5. The molecule has 0 unspecified atom stereocenters. The second kappa shape index (κ2) is 20.6. The molecule has 0 aromatic carbocycles. The molecule has 0 aromatic heterocycles. The maximum Gasteiger partial charge on any atom is 0.292 e. The van der Waals surface area contributed by atoms with Gasteiger partial charge in [-0.15, -0.1) is 0 Å². The number of hydrogen-bond acceptors (Lipinski definition) is 4. The molecule has 0 amide bonds. The summed E-state index contributed by atoms with van der Waals surface area (Å²) >= 11 is 0. The van der Waals surface area contributed by atoms with Gasteiger partial charge in [0.15, 0.2) is 16.6 Å². The average molecular weight is 587 g/mol. The lowest BCUT2D eigenvalue weighted by atomic mass is 10.0. The van der Waals surface area contributed by atoms with E-state index in [9.17, 15) is 4.79 Å². The van der Waals surface area contributed by atoms with Crippen molar-refractivity contribution in [3.63, 3.8) is 0 Å². The van der Waals surface area contributed by atoms with E-state index >= 15 is 0 Å². The molecular weight excluding hydrogens is 521 g/mol. The Morgan fingerprint density at radius 3 is 1.29 bits per heavy atom. The molecule has 0 heterocycles. The minimum atomic E-state index is -1.73. The number of carbonyl (C=O) groups excluding carboxylic acids is 1. The predicted octanol–water partition coefficient (Wildman–Crippen LogP) is 10.6. The van der Waals surface area contributed by atoms with E-state index in [1.54, 1.807) is 0 Å². The zero-order valence-electron chi connectivity index (χ0n) is 27.3. The Bertz CT molecular complexity index is 618. The Labute approximate surface area is 241 Å². The Balaban J connectivity index is 4.41. The third kappa shape index (κ3) is 27.4. The molecule has 0 N–H and O–H groups in total. The van der Waals surface area contributed by atoms with Crippen LogP contribution in [0.1, 0.15) is 110 Å². The molecule has 0 aliphatic heterocycles. The fourth-order valence-electron chi connectivity index (χ4n) is 4.56. The maximum absolute atomic E-state index is 11.8. The molecule has 0 spiro atoms. The van der Waals surface area contributed by atoms with Crippen LogP contribution in [0.5, 0.6) is 0 Å². The van der Waals surface area contributed by atoms with Gasteiger partial charge in [0.05, 0.1) is 12.2 Å². The van der Waals surface area contributed by atoms with Crippen molar-refractivity contribution in [2.45, 2.75) is 181 Å². The Hall–Kier alpha value is -0.219. The van der Waals surface area contributed by atoms with Gasteiger partial charge in [0.1, 0.15) is 0 Å². The van der Waals surface area contributed by atoms with Gasteiger partial charge in [-0.1, -0.05) is 96.1 Å². The van der Waals surface area contributed by atoms with Crippen LogP contribution in [0.15, 0.2) is 12.2 Å². The summed E-state index contributed by atoms with van der Waals surface area (Å²) in [6.45, 7) is 22.2. The van der Waals surface area contributed by atoms with E-state index in [1.165, 1.54) is 70.6 Å². The monoisotopic (exact) mass is 586 g/mol. The van der Waals surface area contributed by atoms with Crippen LogP contribution in [0, 0.1) is 0 Å². The van der Waals surface area contributed by atoms with E-state index in [-0.39, 0.29) is 18.2 Å². The topological polar surface area (TPSA) is 44.8 Å². The quantitative estimate of drug-likeness (QED) is 0.0641. The highest BCUT2D eigenvalue weighted by molar-refractivity contribution is 6.71. The molecule has 0 saturated heterocycles. The highest BCUT2D eigenvalue weighted by atomic mass is 28.4. The first-order chi connectivity index (χ1) is 17.6. The first-order valence-corrected chi connectivity index (χ1v) is 26.1. The normalized spacial score (nSPS) is 14.7. The molecule has 0 aromatic rings.